The Balaban J connectivity index is 3.23. The zero-order valence-corrected chi connectivity index (χ0v) is 9.97. The van der Waals surface area contributed by atoms with Crippen LogP contribution in [0.25, 0.3) is 0 Å². The quantitative estimate of drug-likeness (QED) is 0.479. The maximum Gasteiger partial charge on any atom is 0.331 e. The molecule has 1 aromatic rings. The molecule has 0 heterocycles. The summed E-state index contributed by atoms with van der Waals surface area (Å²) in [5.74, 6) is -0.888. The Morgan fingerprint density at radius 1 is 1.29 bits per heavy atom. The van der Waals surface area contributed by atoms with Gasteiger partial charge in [-0.05, 0) is 18.1 Å². The third-order valence-electron chi connectivity index (χ3n) is 2.10. The molecule has 92 valence electrons. The molecular formula is C12H15NO4. The van der Waals surface area contributed by atoms with Crippen molar-refractivity contribution in [2.75, 3.05) is 0 Å². The lowest BCUT2D eigenvalue weighted by atomic mass is 9.98. The molecule has 0 spiro atoms. The van der Waals surface area contributed by atoms with Crippen molar-refractivity contribution in [2.24, 2.45) is 11.1 Å². The molecule has 5 nitrogen and oxygen atoms in total. The number of carbonyl (C=O) groups is 1. The van der Waals surface area contributed by atoms with Crippen LogP contribution in [0, 0.1) is 5.92 Å². The van der Waals surface area contributed by atoms with Gasteiger partial charge in [-0.1, -0.05) is 25.1 Å². The second kappa shape index (κ2) is 5.34. The average molecular weight is 237 g/mol. The van der Waals surface area contributed by atoms with Crippen molar-refractivity contribution >= 4 is 11.7 Å². The lowest BCUT2D eigenvalue weighted by molar-refractivity contribution is -0.140. The highest BCUT2D eigenvalue weighted by Gasteiger charge is 2.18. The molecule has 0 aliphatic carbocycles. The maximum atomic E-state index is 10.7. The Labute approximate surface area is 99.3 Å². The molecule has 0 saturated carbocycles. The maximum absolute atomic E-state index is 10.7. The summed E-state index contributed by atoms with van der Waals surface area (Å²) in [4.78, 5) is 15.3. The summed E-state index contributed by atoms with van der Waals surface area (Å²) in [6.07, 6.45) is 0. The van der Waals surface area contributed by atoms with Gasteiger partial charge in [0.2, 0.25) is 0 Å². The van der Waals surface area contributed by atoms with E-state index in [2.05, 4.69) is 9.99 Å². The molecule has 0 saturated heterocycles. The van der Waals surface area contributed by atoms with Crippen LogP contribution in [0.2, 0.25) is 0 Å². The Hall–Kier alpha value is -2.04. The van der Waals surface area contributed by atoms with Crippen LogP contribution in [0.5, 0.6) is 11.5 Å². The van der Waals surface area contributed by atoms with E-state index in [0.717, 1.165) is 0 Å². The number of phenolic OH excluding ortho intramolecular Hbond substituents is 2. The van der Waals surface area contributed by atoms with Gasteiger partial charge in [0.25, 0.3) is 0 Å². The first-order valence-electron chi connectivity index (χ1n) is 5.20. The molecule has 0 atom stereocenters. The van der Waals surface area contributed by atoms with Crippen LogP contribution in [0.1, 0.15) is 26.3 Å². The number of hydrogen-bond acceptors (Lipinski definition) is 5. The lowest BCUT2D eigenvalue weighted by Crippen LogP contribution is -2.11. The SMILES string of the molecule is CC(=O)O/N=C(/c1c(O)cccc1O)C(C)C. The zero-order chi connectivity index (χ0) is 13.0. The van der Waals surface area contributed by atoms with Gasteiger partial charge < -0.3 is 15.1 Å². The zero-order valence-electron chi connectivity index (χ0n) is 9.97. The smallest absolute Gasteiger partial charge is 0.331 e. The number of rotatable bonds is 3. The monoisotopic (exact) mass is 237 g/mol. The predicted octanol–water partition coefficient (Wildman–Crippen LogP) is 2.02. The van der Waals surface area contributed by atoms with Gasteiger partial charge in [-0.3, -0.25) is 0 Å². The van der Waals surface area contributed by atoms with Crippen molar-refractivity contribution in [3.8, 4) is 11.5 Å². The van der Waals surface area contributed by atoms with Crippen molar-refractivity contribution in [1.82, 2.24) is 0 Å². The summed E-state index contributed by atoms with van der Waals surface area (Å²) < 4.78 is 0. The number of phenols is 2. The van der Waals surface area contributed by atoms with E-state index in [0.29, 0.717) is 5.71 Å². The molecule has 0 unspecified atom stereocenters. The average Bonchev–Trinajstić information content (AvgIpc) is 2.21. The van der Waals surface area contributed by atoms with Crippen molar-refractivity contribution in [2.45, 2.75) is 20.8 Å². The second-order valence-electron chi connectivity index (χ2n) is 3.89. The van der Waals surface area contributed by atoms with Crippen LogP contribution in [-0.4, -0.2) is 21.9 Å². The van der Waals surface area contributed by atoms with Crippen molar-refractivity contribution < 1.29 is 19.8 Å². The number of carbonyl (C=O) groups excluding carboxylic acids is 1. The lowest BCUT2D eigenvalue weighted by Gasteiger charge is -2.12. The molecule has 0 radical (unpaired) electrons. The second-order valence-corrected chi connectivity index (χ2v) is 3.89. The fraction of sp³-hybridized carbons (Fsp3) is 0.333. The first-order valence-corrected chi connectivity index (χ1v) is 5.20. The van der Waals surface area contributed by atoms with Gasteiger partial charge in [0, 0.05) is 6.92 Å². The van der Waals surface area contributed by atoms with Crippen molar-refractivity contribution in [3.05, 3.63) is 23.8 Å². The molecule has 0 bridgehead atoms. The number of oxime groups is 1. The van der Waals surface area contributed by atoms with Crippen LogP contribution >= 0.6 is 0 Å². The van der Waals surface area contributed by atoms with Gasteiger partial charge in [0.05, 0.1) is 11.3 Å². The summed E-state index contributed by atoms with van der Waals surface area (Å²) in [6, 6.07) is 4.37. The molecular weight excluding hydrogens is 222 g/mol. The number of hydrogen-bond donors (Lipinski definition) is 2. The first-order chi connectivity index (χ1) is 7.93. The topological polar surface area (TPSA) is 79.1 Å². The fourth-order valence-electron chi connectivity index (χ4n) is 1.34. The normalized spacial score (nSPS) is 11.6. The van der Waals surface area contributed by atoms with Gasteiger partial charge >= 0.3 is 5.97 Å². The minimum Gasteiger partial charge on any atom is -0.507 e. The molecule has 5 heteroatoms. The highest BCUT2D eigenvalue weighted by Crippen LogP contribution is 2.29. The van der Waals surface area contributed by atoms with Gasteiger partial charge in [-0.15, -0.1) is 0 Å². The van der Waals surface area contributed by atoms with Gasteiger partial charge in [0.15, 0.2) is 0 Å². The standard InChI is InChI=1S/C12H15NO4/c1-7(2)12(13-17-8(3)14)11-9(15)5-4-6-10(11)16/h4-7,15-16H,1-3H3/b13-12+. The van der Waals surface area contributed by atoms with Gasteiger partial charge in [-0.2, -0.15) is 0 Å². The first kappa shape index (κ1) is 13.0. The summed E-state index contributed by atoms with van der Waals surface area (Å²) in [6.45, 7) is 4.86. The van der Waals surface area contributed by atoms with Crippen molar-refractivity contribution in [1.29, 1.82) is 0 Å². The van der Waals surface area contributed by atoms with E-state index < -0.39 is 5.97 Å². The van der Waals surface area contributed by atoms with Gasteiger partial charge in [0.1, 0.15) is 11.5 Å². The van der Waals surface area contributed by atoms with Crippen LogP contribution < -0.4 is 0 Å². The third-order valence-corrected chi connectivity index (χ3v) is 2.10. The molecule has 0 aromatic heterocycles. The Kier molecular flexibility index (Phi) is 4.09. The summed E-state index contributed by atoms with van der Waals surface area (Å²) in [7, 11) is 0. The molecule has 2 N–H and O–H groups in total. The third kappa shape index (κ3) is 3.21. The molecule has 1 aromatic carbocycles. The molecule has 0 fully saturated rings. The molecule has 1 rings (SSSR count). The largest absolute Gasteiger partial charge is 0.507 e. The number of aromatic hydroxyl groups is 2. The molecule has 17 heavy (non-hydrogen) atoms. The van der Waals surface area contributed by atoms with E-state index in [1.807, 2.05) is 13.8 Å². The van der Waals surface area contributed by atoms with E-state index in [1.165, 1.54) is 25.1 Å². The minimum absolute atomic E-state index is 0.107. The van der Waals surface area contributed by atoms with Crippen LogP contribution in [0.15, 0.2) is 23.4 Å². The summed E-state index contributed by atoms with van der Waals surface area (Å²) >= 11 is 0. The minimum atomic E-state index is -0.557. The van der Waals surface area contributed by atoms with Crippen molar-refractivity contribution in [3.63, 3.8) is 0 Å². The molecule has 0 amide bonds. The predicted molar refractivity (Wildman–Crippen MR) is 62.9 cm³/mol. The van der Waals surface area contributed by atoms with E-state index in [4.69, 9.17) is 0 Å². The fourth-order valence-corrected chi connectivity index (χ4v) is 1.34. The highest BCUT2D eigenvalue weighted by molar-refractivity contribution is 6.06. The van der Waals surface area contributed by atoms with E-state index in [1.54, 1.807) is 0 Å². The van der Waals surface area contributed by atoms with E-state index >= 15 is 0 Å². The Morgan fingerprint density at radius 3 is 2.24 bits per heavy atom. The molecule has 0 aliphatic heterocycles. The van der Waals surface area contributed by atoms with E-state index in [-0.39, 0.29) is 23.0 Å². The highest BCUT2D eigenvalue weighted by atomic mass is 16.7. The van der Waals surface area contributed by atoms with E-state index in [9.17, 15) is 15.0 Å². The summed E-state index contributed by atoms with van der Waals surface area (Å²) in [5.41, 5.74) is 0.500. The molecule has 0 aliphatic rings. The van der Waals surface area contributed by atoms with Crippen LogP contribution in [0.4, 0.5) is 0 Å². The van der Waals surface area contributed by atoms with Gasteiger partial charge in [-0.25, -0.2) is 4.79 Å². The number of nitrogens with zero attached hydrogens (tertiary/aromatic N) is 1. The number of benzene rings is 1. The van der Waals surface area contributed by atoms with Crippen LogP contribution in [-0.2, 0) is 9.63 Å². The van der Waals surface area contributed by atoms with Crippen LogP contribution in [0.3, 0.4) is 0 Å². The Bertz CT molecular complexity index is 432. The Morgan fingerprint density at radius 2 is 1.82 bits per heavy atom. The summed E-state index contributed by atoms with van der Waals surface area (Å²) in [5, 5.41) is 23.1.